The minimum absolute atomic E-state index is 0.0379. The smallest absolute Gasteiger partial charge is 0.290 e. The molecule has 0 bridgehead atoms. The first kappa shape index (κ1) is 16.4. The average molecular weight is 328 g/mol. The van der Waals surface area contributed by atoms with E-state index in [-0.39, 0.29) is 11.1 Å². The molecule has 0 spiro atoms. The number of nitrogens with zero attached hydrogens (tertiary/aromatic N) is 4. The Morgan fingerprint density at radius 1 is 1.12 bits per heavy atom. The maximum absolute atomic E-state index is 14.1. The van der Waals surface area contributed by atoms with Crippen molar-refractivity contribution in [2.75, 3.05) is 0 Å². The van der Waals surface area contributed by atoms with Crippen LogP contribution in [0.15, 0.2) is 29.1 Å². The number of aryl methyl sites for hydroxylation is 2. The van der Waals surface area contributed by atoms with Crippen molar-refractivity contribution >= 4 is 11.2 Å². The Kier molecular flexibility index (Phi) is 3.78. The lowest BCUT2D eigenvalue weighted by atomic mass is 9.97. The molecule has 0 aromatic carbocycles. The number of aromatic nitrogens is 4. The topological polar surface area (TPSA) is 52.7 Å². The van der Waals surface area contributed by atoms with Crippen LogP contribution >= 0.6 is 0 Å². The molecule has 0 saturated carbocycles. The monoisotopic (exact) mass is 328 g/mol. The molecule has 24 heavy (non-hydrogen) atoms. The quantitative estimate of drug-likeness (QED) is 0.678. The fourth-order valence-electron chi connectivity index (χ4n) is 2.77. The van der Waals surface area contributed by atoms with Crippen LogP contribution in [-0.2, 0) is 13.6 Å². The summed E-state index contributed by atoms with van der Waals surface area (Å²) >= 11 is 0. The zero-order valence-electron chi connectivity index (χ0n) is 14.6. The van der Waals surface area contributed by atoms with E-state index in [0.717, 1.165) is 5.52 Å². The molecule has 3 rings (SSSR count). The Hall–Kier alpha value is -2.50. The fraction of sp³-hybridized carbons (Fsp3) is 0.389. The van der Waals surface area contributed by atoms with Gasteiger partial charge in [0.15, 0.2) is 5.65 Å². The lowest BCUT2D eigenvalue weighted by Gasteiger charge is -2.18. The van der Waals surface area contributed by atoms with Crippen molar-refractivity contribution in [3.8, 4) is 11.3 Å². The molecule has 0 aliphatic heterocycles. The molecule has 3 aromatic heterocycles. The van der Waals surface area contributed by atoms with Crippen LogP contribution in [0.25, 0.3) is 22.4 Å². The molecule has 0 aliphatic carbocycles. The largest absolute Gasteiger partial charge is 0.330 e. The molecule has 0 amide bonds. The van der Waals surface area contributed by atoms with Gasteiger partial charge in [-0.25, -0.2) is 14.8 Å². The van der Waals surface area contributed by atoms with Gasteiger partial charge in [-0.2, -0.15) is 4.39 Å². The van der Waals surface area contributed by atoms with Crippen LogP contribution in [-0.4, -0.2) is 19.1 Å². The number of rotatable bonds is 2. The van der Waals surface area contributed by atoms with Crippen LogP contribution in [0.5, 0.6) is 0 Å². The molecule has 3 heterocycles. The van der Waals surface area contributed by atoms with Crippen LogP contribution < -0.4 is 5.69 Å². The lowest BCUT2D eigenvalue weighted by Crippen LogP contribution is -2.27. The van der Waals surface area contributed by atoms with Gasteiger partial charge < -0.3 is 0 Å². The number of fused-ring (bicyclic) bond motifs is 1. The third-order valence-electron chi connectivity index (χ3n) is 3.88. The predicted molar refractivity (Wildman–Crippen MR) is 92.4 cm³/mol. The minimum atomic E-state index is -0.555. The van der Waals surface area contributed by atoms with Gasteiger partial charge in [-0.05, 0) is 36.6 Å². The summed E-state index contributed by atoms with van der Waals surface area (Å²) in [6.45, 7) is 8.55. The van der Waals surface area contributed by atoms with Gasteiger partial charge in [-0.3, -0.25) is 9.13 Å². The highest BCUT2D eigenvalue weighted by Gasteiger charge is 2.19. The first-order valence-electron chi connectivity index (χ1n) is 7.87. The standard InChI is InChI=1S/C18H21FN4O/c1-11-6-7-12(15(19)20-11)13-8-9-14-16(21-13)22(5)17(24)23(14)10-18(2,3)4/h6-9H,10H2,1-5H3. The Morgan fingerprint density at radius 3 is 2.46 bits per heavy atom. The van der Waals surface area contributed by atoms with Gasteiger partial charge in [-0.15, -0.1) is 0 Å². The predicted octanol–water partition coefficient (Wildman–Crippen LogP) is 3.29. The number of hydrogen-bond acceptors (Lipinski definition) is 3. The molecule has 126 valence electrons. The molecule has 0 atom stereocenters. The second-order valence-electron chi connectivity index (χ2n) is 7.32. The number of imidazole rings is 1. The summed E-state index contributed by atoms with van der Waals surface area (Å²) in [7, 11) is 1.68. The second kappa shape index (κ2) is 5.54. The van der Waals surface area contributed by atoms with Crippen LogP contribution in [0.3, 0.4) is 0 Å². The third kappa shape index (κ3) is 2.84. The number of halogens is 1. The van der Waals surface area contributed by atoms with Crippen molar-refractivity contribution in [3.05, 3.63) is 46.4 Å². The molecule has 0 unspecified atom stereocenters. The molecular weight excluding hydrogens is 307 g/mol. The van der Waals surface area contributed by atoms with E-state index in [1.807, 2.05) is 6.07 Å². The van der Waals surface area contributed by atoms with Gasteiger partial charge in [0.1, 0.15) is 0 Å². The Labute approximate surface area is 139 Å². The Morgan fingerprint density at radius 2 is 1.83 bits per heavy atom. The maximum atomic E-state index is 14.1. The summed E-state index contributed by atoms with van der Waals surface area (Å²) < 4.78 is 17.3. The first-order chi connectivity index (χ1) is 11.2. The average Bonchev–Trinajstić information content (AvgIpc) is 2.71. The normalized spacial score (nSPS) is 12.1. The van der Waals surface area contributed by atoms with Crippen molar-refractivity contribution in [2.24, 2.45) is 12.5 Å². The number of pyridine rings is 2. The summed E-state index contributed by atoms with van der Waals surface area (Å²) in [6, 6.07) is 6.96. The number of hydrogen-bond donors (Lipinski definition) is 0. The Balaban J connectivity index is 2.19. The van der Waals surface area contributed by atoms with E-state index < -0.39 is 5.95 Å². The first-order valence-corrected chi connectivity index (χ1v) is 7.87. The molecule has 0 radical (unpaired) electrons. The molecule has 3 aromatic rings. The SMILES string of the molecule is Cc1ccc(-c2ccc3c(n2)n(C)c(=O)n3CC(C)(C)C)c(F)n1. The Bertz CT molecular complexity index is 979. The zero-order chi connectivity index (χ0) is 17.6. The van der Waals surface area contributed by atoms with Gasteiger partial charge in [0.2, 0.25) is 5.95 Å². The van der Waals surface area contributed by atoms with Gasteiger partial charge >= 0.3 is 5.69 Å². The molecule has 0 N–H and O–H groups in total. The van der Waals surface area contributed by atoms with Crippen LogP contribution in [0.1, 0.15) is 26.5 Å². The molecule has 5 nitrogen and oxygen atoms in total. The molecule has 0 saturated heterocycles. The summed E-state index contributed by atoms with van der Waals surface area (Å²) in [5, 5.41) is 0. The van der Waals surface area contributed by atoms with E-state index in [1.165, 1.54) is 4.57 Å². The maximum Gasteiger partial charge on any atom is 0.330 e. The van der Waals surface area contributed by atoms with Crippen LogP contribution in [0, 0.1) is 18.3 Å². The van der Waals surface area contributed by atoms with Gasteiger partial charge in [-0.1, -0.05) is 20.8 Å². The van der Waals surface area contributed by atoms with Crippen molar-refractivity contribution in [3.63, 3.8) is 0 Å². The van der Waals surface area contributed by atoms with Gasteiger partial charge in [0.25, 0.3) is 0 Å². The summed E-state index contributed by atoms with van der Waals surface area (Å²) in [4.78, 5) is 20.9. The minimum Gasteiger partial charge on any atom is -0.290 e. The fourth-order valence-corrected chi connectivity index (χ4v) is 2.77. The summed E-state index contributed by atoms with van der Waals surface area (Å²) in [5.74, 6) is -0.555. The van der Waals surface area contributed by atoms with E-state index in [1.54, 1.807) is 36.7 Å². The van der Waals surface area contributed by atoms with E-state index >= 15 is 0 Å². The van der Waals surface area contributed by atoms with Gasteiger partial charge in [0, 0.05) is 19.3 Å². The van der Waals surface area contributed by atoms with E-state index in [0.29, 0.717) is 29.1 Å². The van der Waals surface area contributed by atoms with E-state index in [9.17, 15) is 9.18 Å². The molecule has 0 fully saturated rings. The van der Waals surface area contributed by atoms with E-state index in [2.05, 4.69) is 30.7 Å². The highest BCUT2D eigenvalue weighted by molar-refractivity contribution is 5.76. The molecule has 6 heteroatoms. The summed E-state index contributed by atoms with van der Waals surface area (Å²) in [5.41, 5.74) is 2.55. The summed E-state index contributed by atoms with van der Waals surface area (Å²) in [6.07, 6.45) is 0. The van der Waals surface area contributed by atoms with Crippen molar-refractivity contribution in [1.82, 2.24) is 19.1 Å². The lowest BCUT2D eigenvalue weighted by molar-refractivity contribution is 0.342. The molecule has 0 aliphatic rings. The van der Waals surface area contributed by atoms with E-state index in [4.69, 9.17) is 0 Å². The third-order valence-corrected chi connectivity index (χ3v) is 3.88. The highest BCUT2D eigenvalue weighted by atomic mass is 19.1. The zero-order valence-corrected chi connectivity index (χ0v) is 14.6. The van der Waals surface area contributed by atoms with Crippen molar-refractivity contribution in [1.29, 1.82) is 0 Å². The van der Waals surface area contributed by atoms with Crippen molar-refractivity contribution < 1.29 is 4.39 Å². The second-order valence-corrected chi connectivity index (χ2v) is 7.32. The van der Waals surface area contributed by atoms with Gasteiger partial charge in [0.05, 0.1) is 16.8 Å². The van der Waals surface area contributed by atoms with Crippen molar-refractivity contribution in [2.45, 2.75) is 34.2 Å². The van der Waals surface area contributed by atoms with Crippen LogP contribution in [0.2, 0.25) is 0 Å². The highest BCUT2D eigenvalue weighted by Crippen LogP contribution is 2.24. The molecular formula is C18H21FN4O. The van der Waals surface area contributed by atoms with Crippen LogP contribution in [0.4, 0.5) is 4.39 Å².